The minimum absolute atomic E-state index is 0.508. The van der Waals surface area contributed by atoms with E-state index in [0.717, 1.165) is 28.9 Å². The van der Waals surface area contributed by atoms with Crippen LogP contribution in [0.3, 0.4) is 0 Å². The fraction of sp³-hybridized carbons (Fsp3) is 0.333. The average molecular weight is 305 g/mol. The predicted octanol–water partition coefficient (Wildman–Crippen LogP) is 4.71. The van der Waals surface area contributed by atoms with Gasteiger partial charge in [-0.15, -0.1) is 0 Å². The molecule has 3 heteroatoms. The number of halogens is 1. The van der Waals surface area contributed by atoms with Crippen molar-refractivity contribution in [3.05, 3.63) is 64.2 Å². The summed E-state index contributed by atoms with van der Waals surface area (Å²) in [4.78, 5) is 0. The Morgan fingerprint density at radius 3 is 2.48 bits per heavy atom. The largest absolute Gasteiger partial charge is 0.494 e. The molecule has 0 aromatic heterocycles. The minimum atomic E-state index is -0.564. The fourth-order valence-corrected chi connectivity index (χ4v) is 2.46. The van der Waals surface area contributed by atoms with Gasteiger partial charge in [0, 0.05) is 11.4 Å². The van der Waals surface area contributed by atoms with E-state index >= 15 is 0 Å². The maximum atomic E-state index is 10.3. The van der Waals surface area contributed by atoms with E-state index in [1.807, 2.05) is 49.4 Å². The van der Waals surface area contributed by atoms with Gasteiger partial charge in [0.2, 0.25) is 0 Å². The molecule has 2 nitrogen and oxygen atoms in total. The Hall–Kier alpha value is -1.51. The predicted molar refractivity (Wildman–Crippen MR) is 87.1 cm³/mol. The van der Waals surface area contributed by atoms with Crippen molar-refractivity contribution < 1.29 is 9.84 Å². The quantitative estimate of drug-likeness (QED) is 0.837. The van der Waals surface area contributed by atoms with Crippen molar-refractivity contribution in [1.29, 1.82) is 0 Å². The van der Waals surface area contributed by atoms with Crippen LogP contribution < -0.4 is 4.74 Å². The topological polar surface area (TPSA) is 29.5 Å². The monoisotopic (exact) mass is 304 g/mol. The molecule has 0 aliphatic carbocycles. The summed E-state index contributed by atoms with van der Waals surface area (Å²) in [6.07, 6.45) is 0.926. The molecule has 0 saturated heterocycles. The van der Waals surface area contributed by atoms with Gasteiger partial charge in [0.15, 0.2) is 0 Å². The zero-order valence-electron chi connectivity index (χ0n) is 12.5. The molecule has 0 radical (unpaired) electrons. The highest BCUT2D eigenvalue weighted by molar-refractivity contribution is 6.31. The number of hydrogen-bond donors (Lipinski definition) is 1. The third-order valence-electron chi connectivity index (χ3n) is 3.36. The van der Waals surface area contributed by atoms with Crippen molar-refractivity contribution in [3.8, 4) is 5.75 Å². The van der Waals surface area contributed by atoms with Gasteiger partial charge < -0.3 is 9.84 Å². The standard InChI is InChI=1S/C18H21ClO2/c1-3-10-21-16-8-6-14(7-9-16)18(20)12-15-5-4-13(2)11-17(15)19/h4-9,11,18,20H,3,10,12H2,1-2H3. The van der Waals surface area contributed by atoms with Gasteiger partial charge in [-0.2, -0.15) is 0 Å². The van der Waals surface area contributed by atoms with Gasteiger partial charge >= 0.3 is 0 Å². The van der Waals surface area contributed by atoms with Gasteiger partial charge in [-0.1, -0.05) is 42.8 Å². The first-order valence-corrected chi connectivity index (χ1v) is 7.63. The van der Waals surface area contributed by atoms with E-state index in [1.54, 1.807) is 0 Å². The molecular formula is C18H21ClO2. The highest BCUT2D eigenvalue weighted by Gasteiger charge is 2.11. The number of aliphatic hydroxyl groups is 1. The Morgan fingerprint density at radius 1 is 1.14 bits per heavy atom. The summed E-state index contributed by atoms with van der Waals surface area (Å²) < 4.78 is 5.54. The van der Waals surface area contributed by atoms with E-state index in [2.05, 4.69) is 6.92 Å². The maximum Gasteiger partial charge on any atom is 0.119 e. The second-order valence-corrected chi connectivity index (χ2v) is 5.64. The maximum absolute atomic E-state index is 10.3. The molecular weight excluding hydrogens is 284 g/mol. The van der Waals surface area contributed by atoms with Gasteiger partial charge in [-0.25, -0.2) is 0 Å². The van der Waals surface area contributed by atoms with Gasteiger partial charge in [0.1, 0.15) is 5.75 Å². The summed E-state index contributed by atoms with van der Waals surface area (Å²) in [5.74, 6) is 0.834. The lowest BCUT2D eigenvalue weighted by Gasteiger charge is -2.13. The SMILES string of the molecule is CCCOc1ccc(C(O)Cc2ccc(C)cc2Cl)cc1. The third-order valence-corrected chi connectivity index (χ3v) is 3.71. The molecule has 0 bridgehead atoms. The Kier molecular flexibility index (Phi) is 5.66. The van der Waals surface area contributed by atoms with Crippen molar-refractivity contribution in [2.75, 3.05) is 6.61 Å². The van der Waals surface area contributed by atoms with E-state index in [-0.39, 0.29) is 0 Å². The summed E-state index contributed by atoms with van der Waals surface area (Å²) in [7, 11) is 0. The summed E-state index contributed by atoms with van der Waals surface area (Å²) in [5.41, 5.74) is 2.95. The molecule has 112 valence electrons. The second kappa shape index (κ2) is 7.48. The third kappa shape index (κ3) is 4.48. The zero-order valence-corrected chi connectivity index (χ0v) is 13.2. The van der Waals surface area contributed by atoms with Crippen LogP contribution in [0.4, 0.5) is 0 Å². The lowest BCUT2D eigenvalue weighted by molar-refractivity contribution is 0.178. The van der Waals surface area contributed by atoms with Crippen molar-refractivity contribution in [3.63, 3.8) is 0 Å². The molecule has 0 aliphatic rings. The van der Waals surface area contributed by atoms with Crippen molar-refractivity contribution in [2.45, 2.75) is 32.8 Å². The molecule has 21 heavy (non-hydrogen) atoms. The van der Waals surface area contributed by atoms with Crippen molar-refractivity contribution in [1.82, 2.24) is 0 Å². The molecule has 0 aliphatic heterocycles. The molecule has 1 unspecified atom stereocenters. The van der Waals surface area contributed by atoms with Gasteiger partial charge in [-0.3, -0.25) is 0 Å². The van der Waals surface area contributed by atoms with E-state index in [0.29, 0.717) is 18.1 Å². The smallest absolute Gasteiger partial charge is 0.119 e. The van der Waals surface area contributed by atoms with Crippen LogP contribution in [0.1, 0.15) is 36.1 Å². The fourth-order valence-electron chi connectivity index (χ4n) is 2.15. The Labute approximate surface area is 131 Å². The number of hydrogen-bond acceptors (Lipinski definition) is 2. The molecule has 2 rings (SSSR count). The number of benzene rings is 2. The molecule has 1 atom stereocenters. The van der Waals surface area contributed by atoms with Crippen LogP contribution in [0.25, 0.3) is 0 Å². The Morgan fingerprint density at radius 2 is 1.86 bits per heavy atom. The van der Waals surface area contributed by atoms with Crippen LogP contribution >= 0.6 is 11.6 Å². The Balaban J connectivity index is 2.04. The highest BCUT2D eigenvalue weighted by Crippen LogP contribution is 2.25. The van der Waals surface area contributed by atoms with Crippen LogP contribution in [-0.2, 0) is 6.42 Å². The molecule has 0 fully saturated rings. The zero-order chi connectivity index (χ0) is 15.2. The van der Waals surface area contributed by atoms with Crippen molar-refractivity contribution in [2.24, 2.45) is 0 Å². The Bertz CT molecular complexity index is 578. The minimum Gasteiger partial charge on any atom is -0.494 e. The molecule has 2 aromatic rings. The van der Waals surface area contributed by atoms with Gasteiger partial charge in [0.25, 0.3) is 0 Å². The lowest BCUT2D eigenvalue weighted by Crippen LogP contribution is -2.03. The number of aliphatic hydroxyl groups excluding tert-OH is 1. The summed E-state index contributed by atoms with van der Waals surface area (Å²) >= 11 is 6.21. The van der Waals surface area contributed by atoms with Crippen LogP contribution in [0.2, 0.25) is 5.02 Å². The molecule has 0 spiro atoms. The van der Waals surface area contributed by atoms with Gasteiger partial charge in [-0.05, 0) is 48.2 Å². The van der Waals surface area contributed by atoms with E-state index in [9.17, 15) is 5.11 Å². The first-order valence-electron chi connectivity index (χ1n) is 7.26. The molecule has 0 heterocycles. The van der Waals surface area contributed by atoms with Crippen LogP contribution in [0.5, 0.6) is 5.75 Å². The number of ether oxygens (including phenoxy) is 1. The molecule has 0 saturated carbocycles. The highest BCUT2D eigenvalue weighted by atomic mass is 35.5. The number of rotatable bonds is 6. The normalized spacial score (nSPS) is 12.2. The van der Waals surface area contributed by atoms with Gasteiger partial charge in [0.05, 0.1) is 12.7 Å². The summed E-state index contributed by atoms with van der Waals surface area (Å²) in [6.45, 7) is 4.78. The van der Waals surface area contributed by atoms with Crippen molar-refractivity contribution >= 4 is 11.6 Å². The molecule has 2 aromatic carbocycles. The van der Waals surface area contributed by atoms with E-state index < -0.39 is 6.10 Å². The van der Waals surface area contributed by atoms with Crippen LogP contribution in [0, 0.1) is 6.92 Å². The molecule has 1 N–H and O–H groups in total. The first kappa shape index (κ1) is 15.9. The summed E-state index contributed by atoms with van der Waals surface area (Å²) in [6, 6.07) is 13.5. The molecule has 0 amide bonds. The van der Waals surface area contributed by atoms with E-state index in [1.165, 1.54) is 0 Å². The first-order chi connectivity index (χ1) is 10.1. The number of aryl methyl sites for hydroxylation is 1. The lowest BCUT2D eigenvalue weighted by atomic mass is 10.0. The second-order valence-electron chi connectivity index (χ2n) is 5.23. The average Bonchev–Trinajstić information content (AvgIpc) is 2.48. The van der Waals surface area contributed by atoms with Crippen LogP contribution in [-0.4, -0.2) is 11.7 Å². The summed E-state index contributed by atoms with van der Waals surface area (Å²) in [5, 5.41) is 11.0. The van der Waals surface area contributed by atoms with Crippen LogP contribution in [0.15, 0.2) is 42.5 Å². The van der Waals surface area contributed by atoms with E-state index in [4.69, 9.17) is 16.3 Å².